The van der Waals surface area contributed by atoms with Crippen LogP contribution in [0.3, 0.4) is 0 Å². The van der Waals surface area contributed by atoms with Crippen LogP contribution >= 0.6 is 0 Å². The molecule has 1 aromatic carbocycles. The Labute approximate surface area is 108 Å². The topological polar surface area (TPSA) is 27.7 Å². The van der Waals surface area contributed by atoms with Gasteiger partial charge in [-0.15, -0.1) is 0 Å². The van der Waals surface area contributed by atoms with Crippen LogP contribution in [0.2, 0.25) is 0 Å². The Morgan fingerprint density at radius 1 is 0.833 bits per heavy atom. The van der Waals surface area contributed by atoms with E-state index in [-0.39, 0.29) is 0 Å². The SMILES string of the molecule is C=CCOc1c[c]cc(OCC=C)c1OCC=C. The minimum atomic E-state index is 0.374. The van der Waals surface area contributed by atoms with E-state index in [4.69, 9.17) is 14.2 Å². The molecular formula is C15H17O3. The van der Waals surface area contributed by atoms with Gasteiger partial charge >= 0.3 is 0 Å². The third-order valence-electron chi connectivity index (χ3n) is 1.94. The molecule has 0 amide bonds. The lowest BCUT2D eigenvalue weighted by atomic mass is 10.3. The lowest BCUT2D eigenvalue weighted by molar-refractivity contribution is 0.280. The van der Waals surface area contributed by atoms with E-state index in [0.29, 0.717) is 37.1 Å². The zero-order chi connectivity index (χ0) is 13.2. The molecule has 18 heavy (non-hydrogen) atoms. The van der Waals surface area contributed by atoms with Gasteiger partial charge in [-0.25, -0.2) is 0 Å². The Morgan fingerprint density at radius 2 is 1.28 bits per heavy atom. The molecule has 0 aliphatic carbocycles. The molecule has 3 nitrogen and oxygen atoms in total. The van der Waals surface area contributed by atoms with Gasteiger partial charge in [0.25, 0.3) is 0 Å². The van der Waals surface area contributed by atoms with Crippen molar-refractivity contribution in [3.63, 3.8) is 0 Å². The van der Waals surface area contributed by atoms with Crippen LogP contribution in [0.15, 0.2) is 50.1 Å². The highest BCUT2D eigenvalue weighted by atomic mass is 16.5. The average Bonchev–Trinajstić information content (AvgIpc) is 2.41. The molecule has 95 valence electrons. The van der Waals surface area contributed by atoms with Gasteiger partial charge in [-0.3, -0.25) is 0 Å². The van der Waals surface area contributed by atoms with Crippen LogP contribution in [0.1, 0.15) is 0 Å². The van der Waals surface area contributed by atoms with Gasteiger partial charge in [-0.1, -0.05) is 38.0 Å². The first-order valence-corrected chi connectivity index (χ1v) is 5.58. The summed E-state index contributed by atoms with van der Waals surface area (Å²) in [4.78, 5) is 0. The second-order valence-electron chi connectivity index (χ2n) is 3.31. The van der Waals surface area contributed by atoms with Crippen molar-refractivity contribution < 1.29 is 14.2 Å². The van der Waals surface area contributed by atoms with Gasteiger partial charge in [0.1, 0.15) is 19.8 Å². The smallest absolute Gasteiger partial charge is 0.203 e. The zero-order valence-electron chi connectivity index (χ0n) is 10.4. The molecule has 1 radical (unpaired) electrons. The molecule has 0 saturated carbocycles. The van der Waals surface area contributed by atoms with E-state index < -0.39 is 0 Å². The fraction of sp³-hybridized carbons (Fsp3) is 0.200. The molecule has 0 aromatic heterocycles. The first kappa shape index (κ1) is 13.9. The predicted molar refractivity (Wildman–Crippen MR) is 72.4 cm³/mol. The zero-order valence-corrected chi connectivity index (χ0v) is 10.4. The van der Waals surface area contributed by atoms with Crippen LogP contribution in [-0.4, -0.2) is 19.8 Å². The number of benzene rings is 1. The van der Waals surface area contributed by atoms with Crippen molar-refractivity contribution in [2.24, 2.45) is 0 Å². The molecule has 0 aliphatic rings. The molecule has 1 aromatic rings. The lowest BCUT2D eigenvalue weighted by Crippen LogP contribution is -2.03. The normalized spacial score (nSPS) is 9.33. The maximum Gasteiger partial charge on any atom is 0.203 e. The summed E-state index contributed by atoms with van der Waals surface area (Å²) in [6, 6.07) is 6.33. The molecule has 0 saturated heterocycles. The monoisotopic (exact) mass is 245 g/mol. The molecule has 0 bridgehead atoms. The Kier molecular flexibility index (Phi) is 6.19. The van der Waals surface area contributed by atoms with E-state index >= 15 is 0 Å². The van der Waals surface area contributed by atoms with Gasteiger partial charge in [0, 0.05) is 0 Å². The summed E-state index contributed by atoms with van der Waals surface area (Å²) < 4.78 is 16.5. The minimum absolute atomic E-state index is 0.374. The Balaban J connectivity index is 2.94. The van der Waals surface area contributed by atoms with Crippen LogP contribution in [0, 0.1) is 6.07 Å². The standard InChI is InChI=1S/C15H17O3/c1-4-10-16-13-8-7-9-14(17-11-5-2)15(13)18-12-6-3/h4-6,8-9H,1-3,10-12H2. The maximum atomic E-state index is 5.55. The van der Waals surface area contributed by atoms with Crippen LogP contribution < -0.4 is 14.2 Å². The van der Waals surface area contributed by atoms with E-state index in [2.05, 4.69) is 25.8 Å². The van der Waals surface area contributed by atoms with Crippen LogP contribution in [0.25, 0.3) is 0 Å². The third-order valence-corrected chi connectivity index (χ3v) is 1.94. The molecule has 0 heterocycles. The van der Waals surface area contributed by atoms with E-state index in [1.165, 1.54) is 0 Å². The summed E-state index contributed by atoms with van der Waals surface area (Å²) in [7, 11) is 0. The third kappa shape index (κ3) is 4.01. The van der Waals surface area contributed by atoms with E-state index in [1.807, 2.05) is 0 Å². The summed E-state index contributed by atoms with van der Waals surface area (Å²) >= 11 is 0. The fourth-order valence-electron chi connectivity index (χ4n) is 1.24. The van der Waals surface area contributed by atoms with Crippen molar-refractivity contribution in [1.29, 1.82) is 0 Å². The first-order valence-electron chi connectivity index (χ1n) is 5.58. The minimum Gasteiger partial charge on any atom is -0.485 e. The van der Waals surface area contributed by atoms with Crippen LogP contribution in [0.5, 0.6) is 17.2 Å². The van der Waals surface area contributed by atoms with Crippen molar-refractivity contribution in [2.75, 3.05) is 19.8 Å². The number of rotatable bonds is 9. The maximum absolute atomic E-state index is 5.55. The number of hydrogen-bond acceptors (Lipinski definition) is 3. The quantitative estimate of drug-likeness (QED) is 0.625. The summed E-state index contributed by atoms with van der Waals surface area (Å²) in [5.74, 6) is 1.67. The van der Waals surface area contributed by atoms with E-state index in [9.17, 15) is 0 Å². The molecule has 0 unspecified atom stereocenters. The van der Waals surface area contributed by atoms with Crippen LogP contribution in [-0.2, 0) is 0 Å². The summed E-state index contributed by atoms with van der Waals surface area (Å²) in [5, 5.41) is 0. The molecule has 1 rings (SSSR count). The number of hydrogen-bond donors (Lipinski definition) is 0. The highest BCUT2D eigenvalue weighted by molar-refractivity contribution is 5.51. The Morgan fingerprint density at radius 3 is 1.72 bits per heavy atom. The molecule has 0 atom stereocenters. The Bertz CT molecular complexity index is 380. The second-order valence-corrected chi connectivity index (χ2v) is 3.31. The fourth-order valence-corrected chi connectivity index (χ4v) is 1.24. The second kappa shape index (κ2) is 8.01. The number of ether oxygens (including phenoxy) is 3. The summed E-state index contributed by atoms with van der Waals surface area (Å²) in [6.07, 6.45) is 4.98. The van der Waals surface area contributed by atoms with Gasteiger partial charge in [-0.05, 0) is 18.2 Å². The van der Waals surface area contributed by atoms with Gasteiger partial charge in [-0.2, -0.15) is 0 Å². The predicted octanol–water partition coefficient (Wildman–Crippen LogP) is 3.18. The van der Waals surface area contributed by atoms with Gasteiger partial charge in [0.2, 0.25) is 5.75 Å². The van der Waals surface area contributed by atoms with Crippen LogP contribution in [0.4, 0.5) is 0 Å². The summed E-state index contributed by atoms with van der Waals surface area (Å²) in [6.45, 7) is 12.0. The Hall–Kier alpha value is -2.16. The molecule has 3 heteroatoms. The van der Waals surface area contributed by atoms with Crippen molar-refractivity contribution in [2.45, 2.75) is 0 Å². The lowest BCUT2D eigenvalue weighted by Gasteiger charge is -2.14. The largest absolute Gasteiger partial charge is 0.485 e. The van der Waals surface area contributed by atoms with Crippen molar-refractivity contribution in [3.05, 3.63) is 56.2 Å². The molecule has 0 N–H and O–H groups in total. The molecular weight excluding hydrogens is 228 g/mol. The van der Waals surface area contributed by atoms with Crippen molar-refractivity contribution in [3.8, 4) is 17.2 Å². The van der Waals surface area contributed by atoms with Crippen molar-refractivity contribution in [1.82, 2.24) is 0 Å². The van der Waals surface area contributed by atoms with Gasteiger partial charge in [0.05, 0.1) is 0 Å². The van der Waals surface area contributed by atoms with Gasteiger partial charge < -0.3 is 14.2 Å². The highest BCUT2D eigenvalue weighted by Gasteiger charge is 2.11. The molecule has 0 spiro atoms. The highest BCUT2D eigenvalue weighted by Crippen LogP contribution is 2.37. The van der Waals surface area contributed by atoms with Gasteiger partial charge in [0.15, 0.2) is 11.5 Å². The van der Waals surface area contributed by atoms with E-state index in [1.54, 1.807) is 30.4 Å². The first-order chi connectivity index (χ1) is 8.83. The van der Waals surface area contributed by atoms with E-state index in [0.717, 1.165) is 0 Å². The summed E-state index contributed by atoms with van der Waals surface area (Å²) in [5.41, 5.74) is 0. The van der Waals surface area contributed by atoms with Crippen molar-refractivity contribution >= 4 is 0 Å². The molecule has 0 fully saturated rings. The average molecular weight is 245 g/mol. The molecule has 0 aliphatic heterocycles.